The molecule has 0 radical (unpaired) electrons. The van der Waals surface area contributed by atoms with Gasteiger partial charge < -0.3 is 15.7 Å². The quantitative estimate of drug-likeness (QED) is 0.746. The van der Waals surface area contributed by atoms with Crippen LogP contribution < -0.4 is 10.6 Å². The number of hydrogen-bond acceptors (Lipinski definition) is 3. The van der Waals surface area contributed by atoms with E-state index in [2.05, 4.69) is 10.6 Å². The molecule has 0 heterocycles. The molecule has 2 aromatic carbocycles. The van der Waals surface area contributed by atoms with Crippen LogP contribution in [0.25, 0.3) is 0 Å². The number of amides is 2. The van der Waals surface area contributed by atoms with E-state index in [1.807, 2.05) is 0 Å². The van der Waals surface area contributed by atoms with Crippen molar-refractivity contribution in [2.24, 2.45) is 0 Å². The minimum Gasteiger partial charge on any atom is -0.386 e. The number of rotatable bonds is 6. The van der Waals surface area contributed by atoms with Gasteiger partial charge in [-0.3, -0.25) is 9.59 Å². The van der Waals surface area contributed by atoms with Crippen molar-refractivity contribution in [1.82, 2.24) is 10.6 Å². The third-order valence-corrected chi connectivity index (χ3v) is 3.58. The van der Waals surface area contributed by atoms with Gasteiger partial charge in [-0.15, -0.1) is 0 Å². The van der Waals surface area contributed by atoms with Gasteiger partial charge in [0, 0.05) is 12.1 Å². The molecule has 2 amide bonds. The maximum atomic E-state index is 13.6. The second-order valence-corrected chi connectivity index (χ2v) is 5.46. The Morgan fingerprint density at radius 2 is 1.64 bits per heavy atom. The summed E-state index contributed by atoms with van der Waals surface area (Å²) in [7, 11) is 0. The van der Waals surface area contributed by atoms with E-state index in [0.717, 1.165) is 12.1 Å². The number of hydrogen-bond donors (Lipinski definition) is 3. The number of nitrogens with one attached hydrogen (secondary N) is 2. The largest absolute Gasteiger partial charge is 0.386 e. The number of benzene rings is 2. The summed E-state index contributed by atoms with van der Waals surface area (Å²) in [6.45, 7) is 1.08. The molecule has 0 bridgehead atoms. The van der Waals surface area contributed by atoms with Crippen molar-refractivity contribution in [2.75, 3.05) is 6.54 Å². The van der Waals surface area contributed by atoms with Crippen molar-refractivity contribution in [3.8, 4) is 0 Å². The van der Waals surface area contributed by atoms with Crippen LogP contribution in [-0.4, -0.2) is 29.5 Å². The number of aliphatic hydroxyl groups excluding tert-OH is 1. The van der Waals surface area contributed by atoms with Gasteiger partial charge in [-0.05, 0) is 31.2 Å². The molecule has 2 atom stereocenters. The minimum absolute atomic E-state index is 0.387. The van der Waals surface area contributed by atoms with E-state index >= 15 is 0 Å². The normalized spacial score (nSPS) is 13.0. The molecule has 0 aromatic heterocycles. The Labute approximate surface area is 143 Å². The Balaban J connectivity index is 1.90. The maximum Gasteiger partial charge on any atom is 0.251 e. The first kappa shape index (κ1) is 18.5. The average Bonchev–Trinajstić information content (AvgIpc) is 2.60. The SMILES string of the molecule is CC(NC(=O)c1ccccc1)C(=O)NCC(O)c1c(F)cccc1F. The van der Waals surface area contributed by atoms with E-state index in [0.29, 0.717) is 5.56 Å². The molecular weight excluding hydrogens is 330 g/mol. The van der Waals surface area contributed by atoms with Gasteiger partial charge in [0.1, 0.15) is 23.8 Å². The molecule has 0 aliphatic heterocycles. The number of halogens is 2. The Morgan fingerprint density at radius 3 is 2.24 bits per heavy atom. The lowest BCUT2D eigenvalue weighted by atomic mass is 10.1. The number of aliphatic hydroxyl groups is 1. The second kappa shape index (κ2) is 8.34. The highest BCUT2D eigenvalue weighted by Gasteiger charge is 2.21. The van der Waals surface area contributed by atoms with E-state index in [-0.39, 0.29) is 6.54 Å². The Morgan fingerprint density at radius 1 is 1.04 bits per heavy atom. The number of carbonyl (C=O) groups is 2. The highest BCUT2D eigenvalue weighted by molar-refractivity contribution is 5.97. The van der Waals surface area contributed by atoms with Crippen molar-refractivity contribution >= 4 is 11.8 Å². The standard InChI is InChI=1S/C18H18F2N2O3/c1-11(22-18(25)12-6-3-2-4-7-12)17(24)21-10-15(23)16-13(19)8-5-9-14(16)20/h2-9,11,15,23H,10H2,1H3,(H,21,24)(H,22,25). The lowest BCUT2D eigenvalue weighted by Gasteiger charge is -2.17. The summed E-state index contributed by atoms with van der Waals surface area (Å²) in [6, 6.07) is 10.7. The first-order chi connectivity index (χ1) is 11.9. The van der Waals surface area contributed by atoms with Gasteiger partial charge in [-0.25, -0.2) is 8.78 Å². The summed E-state index contributed by atoms with van der Waals surface area (Å²) in [5.41, 5.74) is -0.112. The molecule has 0 aliphatic rings. The molecule has 0 saturated carbocycles. The highest BCUT2D eigenvalue weighted by Crippen LogP contribution is 2.19. The maximum absolute atomic E-state index is 13.6. The molecule has 3 N–H and O–H groups in total. The van der Waals surface area contributed by atoms with Gasteiger partial charge in [-0.1, -0.05) is 24.3 Å². The summed E-state index contributed by atoms with van der Waals surface area (Å²) < 4.78 is 27.1. The fraction of sp³-hybridized carbons (Fsp3) is 0.222. The van der Waals surface area contributed by atoms with Crippen LogP contribution in [0, 0.1) is 11.6 Å². The van der Waals surface area contributed by atoms with Crippen LogP contribution in [0.15, 0.2) is 48.5 Å². The molecule has 2 aromatic rings. The zero-order valence-electron chi connectivity index (χ0n) is 13.5. The Hall–Kier alpha value is -2.80. The summed E-state index contributed by atoms with van der Waals surface area (Å²) in [4.78, 5) is 24.0. The number of carbonyl (C=O) groups excluding carboxylic acids is 2. The molecule has 25 heavy (non-hydrogen) atoms. The van der Waals surface area contributed by atoms with Gasteiger partial charge in [0.2, 0.25) is 5.91 Å². The molecule has 5 nitrogen and oxygen atoms in total. The summed E-state index contributed by atoms with van der Waals surface area (Å²) in [6.07, 6.45) is -1.54. The van der Waals surface area contributed by atoms with Crippen molar-refractivity contribution in [1.29, 1.82) is 0 Å². The van der Waals surface area contributed by atoms with E-state index in [1.165, 1.54) is 13.0 Å². The topological polar surface area (TPSA) is 78.4 Å². The summed E-state index contributed by atoms with van der Waals surface area (Å²) in [5, 5.41) is 14.7. The lowest BCUT2D eigenvalue weighted by molar-refractivity contribution is -0.123. The van der Waals surface area contributed by atoms with Crippen LogP contribution in [0.1, 0.15) is 28.9 Å². The zero-order chi connectivity index (χ0) is 18.4. The summed E-state index contributed by atoms with van der Waals surface area (Å²) >= 11 is 0. The van der Waals surface area contributed by atoms with E-state index in [4.69, 9.17) is 0 Å². The van der Waals surface area contributed by atoms with Gasteiger partial charge in [0.15, 0.2) is 0 Å². The summed E-state index contributed by atoms with van der Waals surface area (Å²) in [5.74, 6) is -2.80. The van der Waals surface area contributed by atoms with Crippen LogP contribution >= 0.6 is 0 Å². The smallest absolute Gasteiger partial charge is 0.251 e. The average molecular weight is 348 g/mol. The van der Waals surface area contributed by atoms with Crippen LogP contribution in [-0.2, 0) is 4.79 Å². The van der Waals surface area contributed by atoms with Gasteiger partial charge >= 0.3 is 0 Å². The predicted molar refractivity (Wildman–Crippen MR) is 87.7 cm³/mol. The third kappa shape index (κ3) is 4.84. The predicted octanol–water partition coefficient (Wildman–Crippen LogP) is 1.93. The van der Waals surface area contributed by atoms with Crippen LogP contribution in [0.3, 0.4) is 0 Å². The van der Waals surface area contributed by atoms with Crippen LogP contribution in [0.4, 0.5) is 8.78 Å². The van der Waals surface area contributed by atoms with E-state index < -0.39 is 41.2 Å². The molecule has 0 spiro atoms. The molecule has 0 aliphatic carbocycles. The third-order valence-electron chi connectivity index (χ3n) is 3.58. The lowest BCUT2D eigenvalue weighted by Crippen LogP contribution is -2.45. The molecular formula is C18H18F2N2O3. The van der Waals surface area contributed by atoms with Crippen molar-refractivity contribution in [3.63, 3.8) is 0 Å². The minimum atomic E-state index is -1.54. The van der Waals surface area contributed by atoms with Crippen molar-refractivity contribution < 1.29 is 23.5 Å². The molecule has 2 unspecified atom stereocenters. The molecule has 7 heteroatoms. The highest BCUT2D eigenvalue weighted by atomic mass is 19.1. The molecule has 132 valence electrons. The van der Waals surface area contributed by atoms with Gasteiger partial charge in [0.05, 0.1) is 5.56 Å². The van der Waals surface area contributed by atoms with E-state index in [1.54, 1.807) is 30.3 Å². The fourth-order valence-electron chi connectivity index (χ4n) is 2.22. The first-order valence-electron chi connectivity index (χ1n) is 7.65. The monoisotopic (exact) mass is 348 g/mol. The molecule has 0 fully saturated rings. The van der Waals surface area contributed by atoms with Crippen molar-refractivity contribution in [2.45, 2.75) is 19.1 Å². The van der Waals surface area contributed by atoms with Crippen molar-refractivity contribution in [3.05, 3.63) is 71.3 Å². The zero-order valence-corrected chi connectivity index (χ0v) is 13.5. The Kier molecular flexibility index (Phi) is 6.19. The fourth-order valence-corrected chi connectivity index (χ4v) is 2.22. The second-order valence-electron chi connectivity index (χ2n) is 5.46. The first-order valence-corrected chi connectivity index (χ1v) is 7.65. The van der Waals surface area contributed by atoms with Gasteiger partial charge in [-0.2, -0.15) is 0 Å². The van der Waals surface area contributed by atoms with Gasteiger partial charge in [0.25, 0.3) is 5.91 Å². The molecule has 2 rings (SSSR count). The Bertz CT molecular complexity index is 733. The van der Waals surface area contributed by atoms with Crippen LogP contribution in [0.2, 0.25) is 0 Å². The van der Waals surface area contributed by atoms with Crippen LogP contribution in [0.5, 0.6) is 0 Å². The molecule has 0 saturated heterocycles. The van der Waals surface area contributed by atoms with E-state index in [9.17, 15) is 23.5 Å².